The third kappa shape index (κ3) is 4.03. The summed E-state index contributed by atoms with van der Waals surface area (Å²) in [6, 6.07) is 8.18. The van der Waals surface area contributed by atoms with E-state index in [1.807, 2.05) is 12.1 Å². The smallest absolute Gasteiger partial charge is 0.305 e. The predicted molar refractivity (Wildman–Crippen MR) is 64.1 cm³/mol. The molecule has 1 unspecified atom stereocenters. The molecular formula is C13H19NO2. The second-order valence-corrected chi connectivity index (χ2v) is 4.01. The summed E-state index contributed by atoms with van der Waals surface area (Å²) in [5.74, 6) is -0.194. The van der Waals surface area contributed by atoms with Crippen molar-refractivity contribution in [3.05, 3.63) is 35.4 Å². The van der Waals surface area contributed by atoms with Gasteiger partial charge in [0.1, 0.15) is 0 Å². The fourth-order valence-corrected chi connectivity index (χ4v) is 1.63. The lowest BCUT2D eigenvalue weighted by atomic mass is 9.99. The molecule has 1 aromatic carbocycles. The highest BCUT2D eigenvalue weighted by atomic mass is 16.5. The number of benzene rings is 1. The minimum absolute atomic E-state index is 0.0141. The predicted octanol–water partition coefficient (Wildman–Crippen LogP) is 1.82. The number of carbonyl (C=O) groups is 1. The van der Waals surface area contributed by atoms with E-state index in [0.29, 0.717) is 12.8 Å². The molecule has 3 nitrogen and oxygen atoms in total. The monoisotopic (exact) mass is 221 g/mol. The van der Waals surface area contributed by atoms with Gasteiger partial charge in [-0.3, -0.25) is 4.79 Å². The number of nitrogens with two attached hydrogens (primary N) is 1. The second kappa shape index (κ2) is 6.28. The van der Waals surface area contributed by atoms with Crippen LogP contribution in [0.1, 0.15) is 24.0 Å². The number of aryl methyl sites for hydroxylation is 1. The molecule has 0 bridgehead atoms. The van der Waals surface area contributed by atoms with E-state index in [1.165, 1.54) is 18.2 Å². The molecule has 0 aromatic heterocycles. The lowest BCUT2D eigenvalue weighted by Gasteiger charge is -2.12. The van der Waals surface area contributed by atoms with Crippen molar-refractivity contribution in [2.24, 2.45) is 5.73 Å². The van der Waals surface area contributed by atoms with E-state index < -0.39 is 0 Å². The van der Waals surface area contributed by atoms with E-state index >= 15 is 0 Å². The summed E-state index contributed by atoms with van der Waals surface area (Å²) >= 11 is 0. The summed E-state index contributed by atoms with van der Waals surface area (Å²) < 4.78 is 4.58. The first-order chi connectivity index (χ1) is 7.63. The van der Waals surface area contributed by atoms with Gasteiger partial charge in [-0.05, 0) is 30.9 Å². The highest BCUT2D eigenvalue weighted by Gasteiger charge is 2.08. The Morgan fingerprint density at radius 3 is 2.75 bits per heavy atom. The van der Waals surface area contributed by atoms with Crippen LogP contribution in [0.25, 0.3) is 0 Å². The fraction of sp³-hybridized carbons (Fsp3) is 0.462. The third-order valence-corrected chi connectivity index (χ3v) is 2.69. The molecule has 16 heavy (non-hydrogen) atoms. The lowest BCUT2D eigenvalue weighted by Crippen LogP contribution is -2.24. The van der Waals surface area contributed by atoms with Gasteiger partial charge in [-0.2, -0.15) is 0 Å². The van der Waals surface area contributed by atoms with Crippen molar-refractivity contribution in [1.82, 2.24) is 0 Å². The molecule has 2 N–H and O–H groups in total. The van der Waals surface area contributed by atoms with Crippen molar-refractivity contribution in [3.63, 3.8) is 0 Å². The average Bonchev–Trinajstić information content (AvgIpc) is 2.29. The zero-order chi connectivity index (χ0) is 12.0. The van der Waals surface area contributed by atoms with Crippen molar-refractivity contribution in [2.45, 2.75) is 32.2 Å². The highest BCUT2D eigenvalue weighted by molar-refractivity contribution is 5.69. The number of rotatable bonds is 5. The van der Waals surface area contributed by atoms with Gasteiger partial charge in [0, 0.05) is 12.5 Å². The SMILES string of the molecule is COC(=O)CCC(N)Cc1ccccc1C. The minimum Gasteiger partial charge on any atom is -0.469 e. The summed E-state index contributed by atoms with van der Waals surface area (Å²) in [5, 5.41) is 0. The van der Waals surface area contributed by atoms with Crippen LogP contribution in [0, 0.1) is 6.92 Å². The molecule has 0 aliphatic rings. The standard InChI is InChI=1S/C13H19NO2/c1-10-5-3-4-6-11(10)9-12(14)7-8-13(15)16-2/h3-6,12H,7-9,14H2,1-2H3. The number of hydrogen-bond acceptors (Lipinski definition) is 3. The van der Waals surface area contributed by atoms with Gasteiger partial charge < -0.3 is 10.5 Å². The zero-order valence-electron chi connectivity index (χ0n) is 9.90. The Morgan fingerprint density at radius 1 is 1.44 bits per heavy atom. The number of ether oxygens (including phenoxy) is 1. The molecule has 88 valence electrons. The van der Waals surface area contributed by atoms with Crippen LogP contribution in [0.15, 0.2) is 24.3 Å². The number of methoxy groups -OCH3 is 1. The molecule has 3 heteroatoms. The summed E-state index contributed by atoms with van der Waals surface area (Å²) in [7, 11) is 1.40. The van der Waals surface area contributed by atoms with Crippen LogP contribution in [0.2, 0.25) is 0 Å². The quantitative estimate of drug-likeness (QED) is 0.772. The van der Waals surface area contributed by atoms with Crippen LogP contribution in [0.5, 0.6) is 0 Å². The molecule has 0 radical (unpaired) electrons. The van der Waals surface area contributed by atoms with Crippen LogP contribution in [-0.4, -0.2) is 19.1 Å². The first-order valence-electron chi connectivity index (χ1n) is 5.50. The largest absolute Gasteiger partial charge is 0.469 e. The van der Waals surface area contributed by atoms with E-state index in [4.69, 9.17) is 5.73 Å². The van der Waals surface area contributed by atoms with Crippen molar-refractivity contribution < 1.29 is 9.53 Å². The van der Waals surface area contributed by atoms with E-state index in [2.05, 4.69) is 23.8 Å². The highest BCUT2D eigenvalue weighted by Crippen LogP contribution is 2.11. The Balaban J connectivity index is 2.43. The molecule has 1 rings (SSSR count). The van der Waals surface area contributed by atoms with Gasteiger partial charge in [0.05, 0.1) is 7.11 Å². The molecule has 0 saturated heterocycles. The maximum absolute atomic E-state index is 11.0. The van der Waals surface area contributed by atoms with Crippen LogP contribution in [0.3, 0.4) is 0 Å². The third-order valence-electron chi connectivity index (χ3n) is 2.69. The van der Waals surface area contributed by atoms with Crippen molar-refractivity contribution in [3.8, 4) is 0 Å². The Morgan fingerprint density at radius 2 is 2.12 bits per heavy atom. The Bertz CT molecular complexity index is 350. The molecule has 0 aliphatic carbocycles. The molecule has 0 amide bonds. The number of esters is 1. The number of hydrogen-bond donors (Lipinski definition) is 1. The van der Waals surface area contributed by atoms with Gasteiger partial charge in [-0.1, -0.05) is 24.3 Å². The molecular weight excluding hydrogens is 202 g/mol. The van der Waals surface area contributed by atoms with Crippen molar-refractivity contribution in [1.29, 1.82) is 0 Å². The van der Waals surface area contributed by atoms with Gasteiger partial charge in [-0.25, -0.2) is 0 Å². The molecule has 0 saturated carbocycles. The second-order valence-electron chi connectivity index (χ2n) is 4.01. The number of carbonyl (C=O) groups excluding carboxylic acids is 1. The normalized spacial score (nSPS) is 12.2. The van der Waals surface area contributed by atoms with Crippen LogP contribution < -0.4 is 5.73 Å². The topological polar surface area (TPSA) is 52.3 Å². The Labute approximate surface area is 96.6 Å². The van der Waals surface area contributed by atoms with Crippen molar-refractivity contribution in [2.75, 3.05) is 7.11 Å². The first kappa shape index (κ1) is 12.7. The van der Waals surface area contributed by atoms with E-state index in [1.54, 1.807) is 0 Å². The molecule has 0 fully saturated rings. The lowest BCUT2D eigenvalue weighted by molar-refractivity contribution is -0.140. The van der Waals surface area contributed by atoms with Gasteiger partial charge in [-0.15, -0.1) is 0 Å². The maximum Gasteiger partial charge on any atom is 0.305 e. The summed E-state index contributed by atoms with van der Waals surface area (Å²) in [4.78, 5) is 11.0. The molecule has 0 spiro atoms. The molecule has 1 aromatic rings. The minimum atomic E-state index is -0.194. The molecule has 0 heterocycles. The van der Waals surface area contributed by atoms with Gasteiger partial charge in [0.2, 0.25) is 0 Å². The Hall–Kier alpha value is -1.35. The molecule has 0 aliphatic heterocycles. The summed E-state index contributed by atoms with van der Waals surface area (Å²) in [6.45, 7) is 2.07. The molecule has 1 atom stereocenters. The van der Waals surface area contributed by atoms with Crippen LogP contribution >= 0.6 is 0 Å². The van der Waals surface area contributed by atoms with E-state index in [0.717, 1.165) is 6.42 Å². The first-order valence-corrected chi connectivity index (χ1v) is 5.50. The summed E-state index contributed by atoms with van der Waals surface area (Å²) in [5.41, 5.74) is 8.47. The Kier molecular flexibility index (Phi) is 4.99. The average molecular weight is 221 g/mol. The summed E-state index contributed by atoms with van der Waals surface area (Å²) in [6.07, 6.45) is 1.87. The zero-order valence-corrected chi connectivity index (χ0v) is 9.90. The maximum atomic E-state index is 11.0. The van der Waals surface area contributed by atoms with Crippen LogP contribution in [-0.2, 0) is 16.0 Å². The van der Waals surface area contributed by atoms with Crippen molar-refractivity contribution >= 4 is 5.97 Å². The van der Waals surface area contributed by atoms with E-state index in [9.17, 15) is 4.79 Å². The van der Waals surface area contributed by atoms with E-state index in [-0.39, 0.29) is 12.0 Å². The van der Waals surface area contributed by atoms with Crippen LogP contribution in [0.4, 0.5) is 0 Å². The van der Waals surface area contributed by atoms with Gasteiger partial charge in [0.25, 0.3) is 0 Å². The van der Waals surface area contributed by atoms with Gasteiger partial charge in [0.15, 0.2) is 0 Å². The van der Waals surface area contributed by atoms with Gasteiger partial charge >= 0.3 is 5.97 Å². The fourth-order valence-electron chi connectivity index (χ4n) is 1.63.